The van der Waals surface area contributed by atoms with Gasteiger partial charge in [-0.1, -0.05) is 0 Å². The lowest BCUT2D eigenvalue weighted by Gasteiger charge is -2.26. The molecule has 0 unspecified atom stereocenters. The molecular formula is C15H20N4O2. The Balaban J connectivity index is 1.61. The molecule has 6 heteroatoms. The SMILES string of the molecule is N#Cc1ccc(NC(=O)NCCCN2CCOCC2)cc1. The second-order valence-electron chi connectivity index (χ2n) is 4.88. The van der Waals surface area contributed by atoms with Gasteiger partial charge in [0.2, 0.25) is 0 Å². The maximum absolute atomic E-state index is 11.7. The van der Waals surface area contributed by atoms with Gasteiger partial charge < -0.3 is 15.4 Å². The van der Waals surface area contributed by atoms with E-state index in [2.05, 4.69) is 15.5 Å². The van der Waals surface area contributed by atoms with Crippen LogP contribution in [0, 0.1) is 11.3 Å². The van der Waals surface area contributed by atoms with Gasteiger partial charge in [-0.3, -0.25) is 4.90 Å². The quantitative estimate of drug-likeness (QED) is 0.803. The first-order valence-corrected chi connectivity index (χ1v) is 7.13. The van der Waals surface area contributed by atoms with Crippen LogP contribution >= 0.6 is 0 Å². The molecule has 1 aliphatic heterocycles. The molecule has 2 rings (SSSR count). The van der Waals surface area contributed by atoms with Crippen LogP contribution in [0.15, 0.2) is 24.3 Å². The molecule has 0 bridgehead atoms. The van der Waals surface area contributed by atoms with E-state index < -0.39 is 0 Å². The van der Waals surface area contributed by atoms with E-state index in [-0.39, 0.29) is 6.03 Å². The van der Waals surface area contributed by atoms with Gasteiger partial charge in [-0.25, -0.2) is 4.79 Å². The molecule has 0 aliphatic carbocycles. The van der Waals surface area contributed by atoms with Gasteiger partial charge >= 0.3 is 6.03 Å². The Morgan fingerprint density at radius 2 is 2.00 bits per heavy atom. The number of rotatable bonds is 5. The van der Waals surface area contributed by atoms with Crippen molar-refractivity contribution in [2.24, 2.45) is 0 Å². The number of anilines is 1. The lowest BCUT2D eigenvalue weighted by atomic mass is 10.2. The smallest absolute Gasteiger partial charge is 0.319 e. The van der Waals surface area contributed by atoms with E-state index in [4.69, 9.17) is 10.00 Å². The zero-order valence-electron chi connectivity index (χ0n) is 12.0. The third kappa shape index (κ3) is 5.42. The average Bonchev–Trinajstić information content (AvgIpc) is 2.53. The van der Waals surface area contributed by atoms with Crippen LogP contribution in [0.4, 0.5) is 10.5 Å². The summed E-state index contributed by atoms with van der Waals surface area (Å²) in [6.45, 7) is 5.15. The van der Waals surface area contributed by atoms with Crippen molar-refractivity contribution >= 4 is 11.7 Å². The lowest BCUT2D eigenvalue weighted by Crippen LogP contribution is -2.38. The van der Waals surface area contributed by atoms with Crippen molar-refractivity contribution in [3.05, 3.63) is 29.8 Å². The topological polar surface area (TPSA) is 77.4 Å². The molecule has 1 fully saturated rings. The minimum absolute atomic E-state index is 0.221. The summed E-state index contributed by atoms with van der Waals surface area (Å²) in [5.74, 6) is 0. The fourth-order valence-electron chi connectivity index (χ4n) is 2.13. The number of morpholine rings is 1. The van der Waals surface area contributed by atoms with Crippen molar-refractivity contribution in [3.63, 3.8) is 0 Å². The maximum atomic E-state index is 11.7. The summed E-state index contributed by atoms with van der Waals surface area (Å²) >= 11 is 0. The molecule has 0 aromatic heterocycles. The van der Waals surface area contributed by atoms with Crippen LogP contribution in [-0.2, 0) is 4.74 Å². The van der Waals surface area contributed by atoms with Gasteiger partial charge in [-0.05, 0) is 37.2 Å². The fraction of sp³-hybridized carbons (Fsp3) is 0.467. The first-order valence-electron chi connectivity index (χ1n) is 7.13. The van der Waals surface area contributed by atoms with Crippen LogP contribution in [0.2, 0.25) is 0 Å². The number of amides is 2. The van der Waals surface area contributed by atoms with E-state index in [9.17, 15) is 4.79 Å². The Bertz CT molecular complexity index is 489. The number of nitrogens with one attached hydrogen (secondary N) is 2. The van der Waals surface area contributed by atoms with E-state index in [0.29, 0.717) is 17.8 Å². The molecular weight excluding hydrogens is 268 g/mol. The second-order valence-corrected chi connectivity index (χ2v) is 4.88. The summed E-state index contributed by atoms with van der Waals surface area (Å²) in [6, 6.07) is 8.60. The summed E-state index contributed by atoms with van der Waals surface area (Å²) in [5.41, 5.74) is 1.26. The van der Waals surface area contributed by atoms with Crippen molar-refractivity contribution < 1.29 is 9.53 Å². The summed E-state index contributed by atoms with van der Waals surface area (Å²) in [4.78, 5) is 14.0. The number of urea groups is 1. The zero-order valence-corrected chi connectivity index (χ0v) is 12.0. The molecule has 1 saturated heterocycles. The number of ether oxygens (including phenoxy) is 1. The number of carbonyl (C=O) groups is 1. The van der Waals surface area contributed by atoms with Gasteiger partial charge in [0.1, 0.15) is 0 Å². The average molecular weight is 288 g/mol. The number of benzene rings is 1. The summed E-state index contributed by atoms with van der Waals surface area (Å²) in [6.07, 6.45) is 0.917. The number of nitrogens with zero attached hydrogens (tertiary/aromatic N) is 2. The third-order valence-electron chi connectivity index (χ3n) is 3.31. The predicted octanol–water partition coefficient (Wildman–Crippen LogP) is 1.40. The van der Waals surface area contributed by atoms with Crippen LogP contribution in [0.5, 0.6) is 0 Å². The van der Waals surface area contributed by atoms with Gasteiger partial charge in [0.05, 0.1) is 24.8 Å². The van der Waals surface area contributed by atoms with Crippen molar-refractivity contribution in [3.8, 4) is 6.07 Å². The molecule has 2 amide bonds. The third-order valence-corrected chi connectivity index (χ3v) is 3.31. The fourth-order valence-corrected chi connectivity index (χ4v) is 2.13. The Morgan fingerprint density at radius 1 is 1.29 bits per heavy atom. The molecule has 21 heavy (non-hydrogen) atoms. The van der Waals surface area contributed by atoms with Crippen molar-refractivity contribution in [2.75, 3.05) is 44.7 Å². The maximum Gasteiger partial charge on any atom is 0.319 e. The highest BCUT2D eigenvalue weighted by Gasteiger charge is 2.09. The highest BCUT2D eigenvalue weighted by Crippen LogP contribution is 2.08. The van der Waals surface area contributed by atoms with Crippen molar-refractivity contribution in [2.45, 2.75) is 6.42 Å². The van der Waals surface area contributed by atoms with Crippen LogP contribution in [0.25, 0.3) is 0 Å². The highest BCUT2D eigenvalue weighted by molar-refractivity contribution is 5.89. The van der Waals surface area contributed by atoms with Crippen molar-refractivity contribution in [1.82, 2.24) is 10.2 Å². The van der Waals surface area contributed by atoms with E-state index >= 15 is 0 Å². The first kappa shape index (κ1) is 15.3. The van der Waals surface area contributed by atoms with E-state index in [1.54, 1.807) is 24.3 Å². The number of carbonyl (C=O) groups excluding carboxylic acids is 1. The van der Waals surface area contributed by atoms with E-state index in [1.165, 1.54) is 0 Å². The molecule has 0 spiro atoms. The highest BCUT2D eigenvalue weighted by atomic mass is 16.5. The van der Waals surface area contributed by atoms with Crippen LogP contribution in [-0.4, -0.2) is 50.3 Å². The molecule has 0 atom stereocenters. The normalized spacial score (nSPS) is 15.2. The van der Waals surface area contributed by atoms with Crippen LogP contribution < -0.4 is 10.6 Å². The predicted molar refractivity (Wildman–Crippen MR) is 80.1 cm³/mol. The Kier molecular flexibility index (Phi) is 6.00. The van der Waals surface area contributed by atoms with Crippen LogP contribution in [0.1, 0.15) is 12.0 Å². The van der Waals surface area contributed by atoms with Gasteiger partial charge in [0.25, 0.3) is 0 Å². The summed E-state index contributed by atoms with van der Waals surface area (Å²) < 4.78 is 5.29. The second kappa shape index (κ2) is 8.25. The number of nitriles is 1. The van der Waals surface area contributed by atoms with E-state index in [0.717, 1.165) is 39.3 Å². The molecule has 112 valence electrons. The molecule has 6 nitrogen and oxygen atoms in total. The largest absolute Gasteiger partial charge is 0.379 e. The molecule has 0 radical (unpaired) electrons. The zero-order chi connectivity index (χ0) is 14.9. The Hall–Kier alpha value is -2.10. The Labute approximate surface area is 124 Å². The summed E-state index contributed by atoms with van der Waals surface area (Å²) in [5, 5.41) is 14.3. The molecule has 1 aliphatic rings. The molecule has 2 N–H and O–H groups in total. The number of hydrogen-bond acceptors (Lipinski definition) is 4. The van der Waals surface area contributed by atoms with Crippen molar-refractivity contribution in [1.29, 1.82) is 5.26 Å². The summed E-state index contributed by atoms with van der Waals surface area (Å²) in [7, 11) is 0. The molecule has 1 aromatic carbocycles. The minimum atomic E-state index is -0.221. The molecule has 1 aromatic rings. The Morgan fingerprint density at radius 3 is 2.67 bits per heavy atom. The number of hydrogen-bond donors (Lipinski definition) is 2. The van der Waals surface area contributed by atoms with Crippen LogP contribution in [0.3, 0.4) is 0 Å². The lowest BCUT2D eigenvalue weighted by molar-refractivity contribution is 0.0375. The molecule has 1 heterocycles. The van der Waals surface area contributed by atoms with Gasteiger partial charge in [0.15, 0.2) is 0 Å². The first-order chi connectivity index (χ1) is 10.3. The van der Waals surface area contributed by atoms with E-state index in [1.807, 2.05) is 6.07 Å². The molecule has 0 saturated carbocycles. The minimum Gasteiger partial charge on any atom is -0.379 e. The van der Waals surface area contributed by atoms with Gasteiger partial charge in [-0.2, -0.15) is 5.26 Å². The van der Waals surface area contributed by atoms with Gasteiger partial charge in [0, 0.05) is 25.3 Å². The standard InChI is InChI=1S/C15H20N4O2/c16-12-13-2-4-14(5-3-13)18-15(20)17-6-1-7-19-8-10-21-11-9-19/h2-5H,1,6-11H2,(H2,17,18,20). The van der Waals surface area contributed by atoms with Gasteiger partial charge in [-0.15, -0.1) is 0 Å². The monoisotopic (exact) mass is 288 g/mol.